The highest BCUT2D eigenvalue weighted by atomic mass is 16.8. The maximum atomic E-state index is 7.79. The Balaban J connectivity index is 0.955. The third kappa shape index (κ3) is 28.6. The maximum Gasteiger partial charge on any atom is 0.157 e. The van der Waals surface area contributed by atoms with Gasteiger partial charge in [0.05, 0.1) is 18.3 Å². The molecule has 0 spiro atoms. The molecule has 0 aliphatic carbocycles. The van der Waals surface area contributed by atoms with E-state index in [2.05, 4.69) is 447 Å². The van der Waals surface area contributed by atoms with Crippen LogP contribution >= 0.6 is 0 Å². The fourth-order valence-electron chi connectivity index (χ4n) is 33.7. The number of hydrogen-bond donors (Lipinski definition) is 11. The number of nitrogens with one attached hydrogen (secondary N) is 11. The van der Waals surface area contributed by atoms with Crippen molar-refractivity contribution in [2.24, 2.45) is 15.3 Å². The second-order valence-corrected chi connectivity index (χ2v) is 64.0. The van der Waals surface area contributed by atoms with Crippen LogP contribution in [-0.2, 0) is 14.5 Å². The van der Waals surface area contributed by atoms with Gasteiger partial charge in [0.1, 0.15) is 17.5 Å². The van der Waals surface area contributed by atoms with E-state index >= 15 is 0 Å². The lowest BCUT2D eigenvalue weighted by atomic mass is 9.75. The summed E-state index contributed by atoms with van der Waals surface area (Å²) in [6, 6.07) is 1.07. The molecule has 0 amide bonds. The first kappa shape index (κ1) is 117. The third-order valence-corrected chi connectivity index (χ3v) is 36.6. The van der Waals surface area contributed by atoms with Crippen LogP contribution in [0.15, 0.2) is 51.0 Å². The van der Waals surface area contributed by atoms with Crippen LogP contribution in [0.5, 0.6) is 0 Å². The third-order valence-electron chi connectivity index (χ3n) is 36.6. The molecule has 0 bridgehead atoms. The quantitative estimate of drug-likeness (QED) is 0.0408. The number of hydrazine groups is 3. The minimum Gasteiger partial charge on any atom is -0.357 e. The lowest BCUT2D eigenvalue weighted by Gasteiger charge is -2.56. The topological polar surface area (TPSA) is 236 Å². The standard InChI is InChI=1S/C117H222N26O3/c1-96(2)57-79(58-97(3,4)124-96)136(91-55-94(122-142(119-91)145-88-75-114(37,38)133(46)115(39,40)76-88)139(83-65-104(17,18)128-105(19,20)66-83)84-67-106(21,22)129-107(23,24)68-84)52-48-50-135(90-54-93(121-141(118-90)144-87-73-112(33,34)132(45)113(35,36)74-87)138(81-61-100(9,10)126-101(11,12)62-81)82-63-102(13,14)127-103(15,16)64-82)51-49-53-137(80-59-98(5,6)125-99(7,8)60-80)92-56-95(123-143(120-92)146-89-77-116(41,42)134(47)117(43,44)78-89)140(85-69-108(25,26)130-109(27,28)70-85)86-71-110(29,30)131-111(31,32)72-86/h54-56,79-89,118-120,124-131H,48-53,57-78H2,1-47H3. The second kappa shape index (κ2) is 39.6. The molecule has 14 heterocycles. The van der Waals surface area contributed by atoms with Gasteiger partial charge in [-0.05, 0) is 480 Å². The SMILES string of the molecule is CN1C(C)(C)CC(ON2N=C(N(C3CC(C)(C)NC(C)(C)C3)C3CC(C)(C)NC(C)(C)C3)C=C(N(CCCN(C3=CC(N(C4CC(C)(C)NC(C)(C)C4)C4CC(C)(C)NC(C)(C)C4)=NN(OC4CC(C)(C)N(C)C(C)(C)C4)N3)C3CC(C)(C)NC(C)(C)C3)CCCN(C3=CC(N(C4CC(C)(C)NC(C)(C)C4)C4CC(C)(C)NC(C)(C)C4)=NN(OC4CC(C)(C)N(C)C(C)(C)C4)N3)C3CC(C)(C)NC(C)(C)C3)N2)CC1(C)C. The molecule has 29 heteroatoms. The Labute approximate surface area is 891 Å². The molecule has 0 radical (unpaired) electrons. The van der Waals surface area contributed by atoms with Crippen molar-refractivity contribution in [3.63, 3.8) is 0 Å². The molecule has 146 heavy (non-hydrogen) atoms. The number of nitrogens with zero attached hydrogens (tertiary/aromatic N) is 15. The highest BCUT2D eigenvalue weighted by Crippen LogP contribution is 2.50. The summed E-state index contributed by atoms with van der Waals surface area (Å²) in [6.45, 7) is 109. The number of piperidine rings is 11. The van der Waals surface area contributed by atoms with Gasteiger partial charge in [0.2, 0.25) is 0 Å². The zero-order valence-corrected chi connectivity index (χ0v) is 102. The molecule has 0 aromatic carbocycles. The lowest BCUT2D eigenvalue weighted by molar-refractivity contribution is -0.255. The monoisotopic (exact) mass is 2040 g/mol. The van der Waals surface area contributed by atoms with E-state index in [0.29, 0.717) is 13.1 Å². The van der Waals surface area contributed by atoms with Crippen molar-refractivity contribution in [1.29, 1.82) is 0 Å². The maximum absolute atomic E-state index is 7.79. The fraction of sp³-hybridized carbons (Fsp3) is 0.923. The highest BCUT2D eigenvalue weighted by molar-refractivity contribution is 5.95. The minimum absolute atomic E-state index is 0.0927. The van der Waals surface area contributed by atoms with Crippen LogP contribution in [-0.4, -0.2) is 313 Å². The Morgan fingerprint density at radius 2 is 0.384 bits per heavy atom. The summed E-state index contributed by atoms with van der Waals surface area (Å²) in [5.74, 6) is 5.93. The average Bonchev–Trinajstić information content (AvgIpc) is 0.750. The van der Waals surface area contributed by atoms with Gasteiger partial charge in [-0.2, -0.15) is 0 Å². The summed E-state index contributed by atoms with van der Waals surface area (Å²) in [5.41, 5.74) is 8.74. The normalized spacial score (nSPS) is 30.2. The van der Waals surface area contributed by atoms with Crippen molar-refractivity contribution >= 4 is 17.5 Å². The van der Waals surface area contributed by atoms with Gasteiger partial charge in [-0.25, -0.2) is 30.8 Å². The van der Waals surface area contributed by atoms with Crippen LogP contribution in [0.1, 0.15) is 459 Å². The van der Waals surface area contributed by atoms with E-state index in [0.717, 1.165) is 202 Å². The van der Waals surface area contributed by atoms with E-state index in [1.807, 2.05) is 15.8 Å². The van der Waals surface area contributed by atoms with Gasteiger partial charge in [-0.3, -0.25) is 14.7 Å². The molecule has 11 N–H and O–H groups in total. The molecule has 0 atom stereocenters. The van der Waals surface area contributed by atoms with Crippen LogP contribution in [0.4, 0.5) is 0 Å². The zero-order chi connectivity index (χ0) is 109. The minimum atomic E-state index is -0.211. The first-order chi connectivity index (χ1) is 66.0. The Hall–Kier alpha value is -4.73. The molecule has 0 saturated carbocycles. The van der Waals surface area contributed by atoms with E-state index < -0.39 is 0 Å². The molecule has 29 nitrogen and oxygen atoms in total. The molecule has 14 aliphatic heterocycles. The molecule has 0 aromatic heterocycles. The van der Waals surface area contributed by atoms with Crippen LogP contribution in [0, 0.1) is 0 Å². The molecule has 838 valence electrons. The highest BCUT2D eigenvalue weighted by Gasteiger charge is 2.57. The zero-order valence-electron chi connectivity index (χ0n) is 102. The number of amidine groups is 3. The molecule has 14 rings (SSSR count). The molecule has 11 fully saturated rings. The molecular weight excluding hydrogens is 1820 g/mol. The summed E-state index contributed by atoms with van der Waals surface area (Å²) in [7, 11) is 6.91. The van der Waals surface area contributed by atoms with Crippen molar-refractivity contribution < 1.29 is 14.5 Å². The number of likely N-dealkylation sites (tertiary alicyclic amines) is 3. The van der Waals surface area contributed by atoms with Crippen molar-refractivity contribution in [3.8, 4) is 0 Å². The van der Waals surface area contributed by atoms with Crippen LogP contribution in [0.2, 0.25) is 0 Å². The van der Waals surface area contributed by atoms with E-state index in [-0.39, 0.29) is 189 Å². The van der Waals surface area contributed by atoms with E-state index in [4.69, 9.17) is 29.8 Å². The molecule has 0 aromatic rings. The fourth-order valence-corrected chi connectivity index (χ4v) is 33.7. The Kier molecular flexibility index (Phi) is 31.6. The largest absolute Gasteiger partial charge is 0.357 e. The molecule has 0 unspecified atom stereocenters. The van der Waals surface area contributed by atoms with E-state index in [1.54, 1.807) is 0 Å². The van der Waals surface area contributed by atoms with E-state index in [1.165, 1.54) is 0 Å². The summed E-state index contributed by atoms with van der Waals surface area (Å²) >= 11 is 0. The van der Waals surface area contributed by atoms with Crippen molar-refractivity contribution in [2.75, 3.05) is 47.3 Å². The first-order valence-electron chi connectivity index (χ1n) is 57.8. The number of hydrogen-bond acceptors (Lipinski definition) is 29. The van der Waals surface area contributed by atoms with Gasteiger partial charge in [0.25, 0.3) is 0 Å². The van der Waals surface area contributed by atoms with Crippen LogP contribution in [0.25, 0.3) is 0 Å². The van der Waals surface area contributed by atoms with Gasteiger partial charge in [-0.15, -0.1) is 15.3 Å². The van der Waals surface area contributed by atoms with E-state index in [9.17, 15) is 0 Å². The average molecular weight is 2040 g/mol. The van der Waals surface area contributed by atoms with Crippen molar-refractivity contribution in [1.82, 2.24) is 119 Å². The smallest absolute Gasteiger partial charge is 0.157 e. The van der Waals surface area contributed by atoms with Crippen LogP contribution < -0.4 is 58.8 Å². The first-order valence-corrected chi connectivity index (χ1v) is 57.8. The predicted octanol–water partition coefficient (Wildman–Crippen LogP) is 18.7. The van der Waals surface area contributed by atoms with Crippen LogP contribution in [0.3, 0.4) is 0 Å². The Bertz CT molecular complexity index is 4250. The molecular formula is C117H222N26O3. The number of hydrazone groups is 3. The second-order valence-electron chi connectivity index (χ2n) is 64.0. The van der Waals surface area contributed by atoms with Gasteiger partial charge in [-0.1, -0.05) is 15.8 Å². The molecule has 11 saturated heterocycles. The van der Waals surface area contributed by atoms with Gasteiger partial charge >= 0.3 is 0 Å². The predicted molar refractivity (Wildman–Crippen MR) is 606 cm³/mol. The Morgan fingerprint density at radius 1 is 0.226 bits per heavy atom. The summed E-state index contributed by atoms with van der Waals surface area (Å²) in [4.78, 5) is 47.8. The lowest BCUT2D eigenvalue weighted by Crippen LogP contribution is -2.68. The van der Waals surface area contributed by atoms with Gasteiger partial charge in [0.15, 0.2) is 17.5 Å². The molecule has 14 aliphatic rings. The summed E-state index contributed by atoms with van der Waals surface area (Å²) < 4.78 is 0. The van der Waals surface area contributed by atoms with Gasteiger partial charge < -0.3 is 71.9 Å². The Morgan fingerprint density at radius 3 is 0.562 bits per heavy atom. The van der Waals surface area contributed by atoms with Gasteiger partial charge in [0, 0.05) is 215 Å². The summed E-state index contributed by atoms with van der Waals surface area (Å²) in [5, 5.41) is 56.8. The summed E-state index contributed by atoms with van der Waals surface area (Å²) in [6.07, 6.45) is 28.8. The van der Waals surface area contributed by atoms with Crippen molar-refractivity contribution in [2.45, 2.75) is 647 Å². The number of rotatable bonds is 25. The van der Waals surface area contributed by atoms with Crippen molar-refractivity contribution in [3.05, 3.63) is 35.7 Å².